The maximum atomic E-state index is 6.66. The summed E-state index contributed by atoms with van der Waals surface area (Å²) in [6.45, 7) is 3.37. The fourth-order valence-electron chi connectivity index (χ4n) is 5.18. The summed E-state index contributed by atoms with van der Waals surface area (Å²) in [7, 11) is 6.69. The van der Waals surface area contributed by atoms with Gasteiger partial charge >= 0.3 is 0 Å². The van der Waals surface area contributed by atoms with E-state index < -0.39 is 0 Å². The van der Waals surface area contributed by atoms with Crippen molar-refractivity contribution >= 4 is 11.8 Å². The minimum atomic E-state index is 0.242. The largest absolute Gasteiger partial charge is 0.360 e. The molecule has 1 saturated carbocycles. The van der Waals surface area contributed by atoms with Gasteiger partial charge in [-0.05, 0) is 65.7 Å². The van der Waals surface area contributed by atoms with Gasteiger partial charge in [0.25, 0.3) is 0 Å². The fourth-order valence-corrected chi connectivity index (χ4v) is 6.97. The molecule has 4 aliphatic rings. The van der Waals surface area contributed by atoms with Gasteiger partial charge in [0.1, 0.15) is 6.23 Å². The summed E-state index contributed by atoms with van der Waals surface area (Å²) < 4.78 is 6.66. The number of rotatable bonds is 3. The summed E-state index contributed by atoms with van der Waals surface area (Å²) in [6, 6.07) is 0.747. The zero-order valence-electron chi connectivity index (χ0n) is 15.4. The van der Waals surface area contributed by atoms with Crippen molar-refractivity contribution in [3.8, 4) is 0 Å². The summed E-state index contributed by atoms with van der Waals surface area (Å²) in [5.74, 6) is 1.38. The Morgan fingerprint density at radius 3 is 2.62 bits per heavy atom. The molecule has 5 nitrogen and oxygen atoms in total. The van der Waals surface area contributed by atoms with Crippen molar-refractivity contribution in [3.63, 3.8) is 0 Å². The molecule has 3 saturated heterocycles. The second-order valence-corrected chi connectivity index (χ2v) is 9.81. The maximum absolute atomic E-state index is 6.66. The Bertz CT molecular complexity index is 429. The number of likely N-dealkylation sites (tertiary alicyclic amines) is 1. The van der Waals surface area contributed by atoms with Gasteiger partial charge in [-0.25, -0.2) is 0 Å². The van der Waals surface area contributed by atoms with E-state index in [2.05, 4.69) is 53.3 Å². The van der Waals surface area contributed by atoms with Gasteiger partial charge in [0, 0.05) is 30.4 Å². The van der Waals surface area contributed by atoms with E-state index in [1.165, 1.54) is 45.2 Å². The number of nitrogens with one attached hydrogen (secondary N) is 2. The van der Waals surface area contributed by atoms with Crippen molar-refractivity contribution in [2.24, 2.45) is 11.8 Å². The second kappa shape index (κ2) is 7.41. The van der Waals surface area contributed by atoms with Gasteiger partial charge in [-0.1, -0.05) is 0 Å². The summed E-state index contributed by atoms with van der Waals surface area (Å²) in [5, 5.41) is 8.73. The molecule has 5 unspecified atom stereocenters. The third-order valence-corrected chi connectivity index (χ3v) is 8.34. The topological polar surface area (TPSA) is 39.8 Å². The monoisotopic (exact) mass is 354 g/mol. The van der Waals surface area contributed by atoms with Crippen LogP contribution in [0.25, 0.3) is 0 Å². The minimum absolute atomic E-state index is 0.242. The van der Waals surface area contributed by atoms with Gasteiger partial charge < -0.3 is 14.5 Å². The quantitative estimate of drug-likeness (QED) is 0.798. The SMILES string of the molecule is CN1CCC2SC3NCNC(OC4CCC(N(C)C)CC4)C3C2C1. The van der Waals surface area contributed by atoms with E-state index >= 15 is 0 Å². The number of piperidine rings is 1. The number of thioether (sulfide) groups is 1. The van der Waals surface area contributed by atoms with E-state index in [4.69, 9.17) is 4.74 Å². The van der Waals surface area contributed by atoms with Crippen molar-refractivity contribution in [3.05, 3.63) is 0 Å². The van der Waals surface area contributed by atoms with E-state index in [9.17, 15) is 0 Å². The van der Waals surface area contributed by atoms with Crippen LogP contribution in [0.3, 0.4) is 0 Å². The zero-order chi connectivity index (χ0) is 16.7. The molecule has 24 heavy (non-hydrogen) atoms. The van der Waals surface area contributed by atoms with Crippen LogP contribution in [0, 0.1) is 11.8 Å². The van der Waals surface area contributed by atoms with Crippen LogP contribution in [-0.4, -0.2) is 79.7 Å². The first-order chi connectivity index (χ1) is 11.6. The number of fused-ring (bicyclic) bond motifs is 3. The molecule has 0 aromatic rings. The molecule has 0 spiro atoms. The van der Waals surface area contributed by atoms with E-state index in [-0.39, 0.29) is 6.23 Å². The first kappa shape index (κ1) is 17.6. The van der Waals surface area contributed by atoms with E-state index in [1.54, 1.807) is 0 Å². The second-order valence-electron chi connectivity index (χ2n) is 8.42. The fraction of sp³-hybridized carbons (Fsp3) is 1.00. The molecule has 0 aromatic heterocycles. The molecule has 0 bridgehead atoms. The number of hydrogen-bond acceptors (Lipinski definition) is 6. The Morgan fingerprint density at radius 1 is 1.08 bits per heavy atom. The van der Waals surface area contributed by atoms with E-state index in [0.717, 1.165) is 23.9 Å². The third kappa shape index (κ3) is 3.51. The lowest BCUT2D eigenvalue weighted by atomic mass is 9.83. The maximum Gasteiger partial charge on any atom is 0.115 e. The molecule has 4 rings (SSSR count). The van der Waals surface area contributed by atoms with E-state index in [0.29, 0.717) is 17.4 Å². The van der Waals surface area contributed by atoms with E-state index in [1.807, 2.05) is 0 Å². The molecular weight excluding hydrogens is 320 g/mol. The van der Waals surface area contributed by atoms with Gasteiger partial charge in [-0.15, -0.1) is 11.8 Å². The molecule has 4 fully saturated rings. The standard InChI is InChI=1S/C18H34N4OS/c1-21(2)12-4-6-13(7-5-12)23-17-16-14-10-22(3)9-8-15(14)24-18(16)20-11-19-17/h12-20H,4-11H2,1-3H3. The lowest BCUT2D eigenvalue weighted by molar-refractivity contribution is -0.104. The highest BCUT2D eigenvalue weighted by atomic mass is 32.2. The Kier molecular flexibility index (Phi) is 5.42. The number of ether oxygens (including phenoxy) is 1. The Hall–Kier alpha value is 0.150. The van der Waals surface area contributed by atoms with Crippen LogP contribution in [0.5, 0.6) is 0 Å². The van der Waals surface area contributed by atoms with Gasteiger partial charge in [0.2, 0.25) is 0 Å². The summed E-state index contributed by atoms with van der Waals surface area (Å²) in [4.78, 5) is 4.89. The highest BCUT2D eigenvalue weighted by Gasteiger charge is 2.51. The first-order valence-corrected chi connectivity index (χ1v) is 10.7. The number of nitrogens with zero attached hydrogens (tertiary/aromatic N) is 2. The van der Waals surface area contributed by atoms with Crippen LogP contribution in [0.2, 0.25) is 0 Å². The summed E-state index contributed by atoms with van der Waals surface area (Å²) in [6.07, 6.45) is 7.01. The lowest BCUT2D eigenvalue weighted by Gasteiger charge is -2.43. The molecule has 3 heterocycles. The van der Waals surface area contributed by atoms with Gasteiger partial charge in [-0.2, -0.15) is 0 Å². The average Bonchev–Trinajstić information content (AvgIpc) is 2.94. The van der Waals surface area contributed by atoms with Crippen molar-refractivity contribution in [1.29, 1.82) is 0 Å². The lowest BCUT2D eigenvalue weighted by Crippen LogP contribution is -2.59. The highest BCUT2D eigenvalue weighted by molar-refractivity contribution is 8.00. The van der Waals surface area contributed by atoms with Crippen molar-refractivity contribution in [2.75, 3.05) is 40.9 Å². The zero-order valence-corrected chi connectivity index (χ0v) is 16.2. The molecule has 0 radical (unpaired) electrons. The van der Waals surface area contributed by atoms with Crippen LogP contribution >= 0.6 is 11.8 Å². The molecule has 0 aromatic carbocycles. The molecule has 0 amide bonds. The van der Waals surface area contributed by atoms with Gasteiger partial charge in [-0.3, -0.25) is 10.6 Å². The smallest absolute Gasteiger partial charge is 0.115 e. The van der Waals surface area contributed by atoms with Crippen molar-refractivity contribution in [2.45, 2.75) is 61.1 Å². The predicted molar refractivity (Wildman–Crippen MR) is 100 cm³/mol. The molecule has 5 atom stereocenters. The Morgan fingerprint density at radius 2 is 1.88 bits per heavy atom. The predicted octanol–water partition coefficient (Wildman–Crippen LogP) is 1.36. The van der Waals surface area contributed by atoms with Gasteiger partial charge in [0.05, 0.1) is 11.5 Å². The first-order valence-electron chi connectivity index (χ1n) is 9.74. The van der Waals surface area contributed by atoms with Crippen LogP contribution in [0.1, 0.15) is 32.1 Å². The van der Waals surface area contributed by atoms with Crippen molar-refractivity contribution in [1.82, 2.24) is 20.4 Å². The van der Waals surface area contributed by atoms with Crippen LogP contribution in [-0.2, 0) is 4.74 Å². The van der Waals surface area contributed by atoms with Crippen LogP contribution < -0.4 is 10.6 Å². The van der Waals surface area contributed by atoms with Crippen molar-refractivity contribution < 1.29 is 4.74 Å². The normalized spacial score (nSPS) is 46.8. The number of hydrogen-bond donors (Lipinski definition) is 2. The summed E-state index contributed by atoms with van der Waals surface area (Å²) >= 11 is 2.19. The highest BCUT2D eigenvalue weighted by Crippen LogP contribution is 2.48. The Balaban J connectivity index is 1.38. The third-order valence-electron chi connectivity index (χ3n) is 6.63. The molecule has 3 aliphatic heterocycles. The molecule has 2 N–H and O–H groups in total. The molecule has 138 valence electrons. The molecule has 1 aliphatic carbocycles. The minimum Gasteiger partial charge on any atom is -0.360 e. The molecular formula is C18H34N4OS. The van der Waals surface area contributed by atoms with Crippen LogP contribution in [0.4, 0.5) is 0 Å². The molecule has 6 heteroatoms. The summed E-state index contributed by atoms with van der Waals surface area (Å²) in [5.41, 5.74) is 0. The van der Waals surface area contributed by atoms with Crippen LogP contribution in [0.15, 0.2) is 0 Å². The van der Waals surface area contributed by atoms with Gasteiger partial charge in [0.15, 0.2) is 0 Å². The Labute approximate surface area is 151 Å². The average molecular weight is 355 g/mol.